The molecule has 0 saturated carbocycles. The van der Waals surface area contributed by atoms with Crippen LogP contribution in [0.4, 0.5) is 5.69 Å². The summed E-state index contributed by atoms with van der Waals surface area (Å²) in [6.07, 6.45) is 3.21. The van der Waals surface area contributed by atoms with Crippen LogP contribution in [0.25, 0.3) is 0 Å². The molecule has 1 heterocycles. The van der Waals surface area contributed by atoms with Gasteiger partial charge in [0.2, 0.25) is 0 Å². The molecule has 0 aliphatic carbocycles. The molecule has 160 valence electrons. The molecule has 1 N–H and O–H groups in total. The number of rotatable bonds is 7. The molecule has 0 unspecified atom stereocenters. The molecule has 0 aromatic heterocycles. The van der Waals surface area contributed by atoms with Crippen molar-refractivity contribution in [3.63, 3.8) is 0 Å². The number of anilines is 1. The Bertz CT molecular complexity index is 914. The Balaban J connectivity index is 1.68. The lowest BCUT2D eigenvalue weighted by molar-refractivity contribution is -0.134. The van der Waals surface area contributed by atoms with E-state index in [1.54, 1.807) is 36.4 Å². The summed E-state index contributed by atoms with van der Waals surface area (Å²) < 4.78 is 11.3. The minimum Gasteiger partial charge on any atom is -0.490 e. The first kappa shape index (κ1) is 22.2. The van der Waals surface area contributed by atoms with E-state index in [9.17, 15) is 9.59 Å². The van der Waals surface area contributed by atoms with Crippen molar-refractivity contribution in [1.29, 1.82) is 0 Å². The first-order chi connectivity index (χ1) is 14.5. The van der Waals surface area contributed by atoms with Gasteiger partial charge in [-0.25, -0.2) is 0 Å². The Hall–Kier alpha value is -2.44. The van der Waals surface area contributed by atoms with Gasteiger partial charge < -0.3 is 19.7 Å². The molecule has 0 bridgehead atoms. The highest BCUT2D eigenvalue weighted by molar-refractivity contribution is 6.42. The smallest absolute Gasteiger partial charge is 0.260 e. The Morgan fingerprint density at radius 3 is 2.43 bits per heavy atom. The number of carbonyl (C=O) groups excluding carboxylic acids is 2. The molecule has 0 spiro atoms. The largest absolute Gasteiger partial charge is 0.490 e. The SMILES string of the molecule is CCOc1cc(C(=O)Nc2ccc(Cl)c(Cl)c2)ccc1OCC(=O)N1CCCCC1. The van der Waals surface area contributed by atoms with Crippen molar-refractivity contribution in [3.05, 3.63) is 52.0 Å². The van der Waals surface area contributed by atoms with Gasteiger partial charge in [0, 0.05) is 24.3 Å². The van der Waals surface area contributed by atoms with Gasteiger partial charge in [0.25, 0.3) is 11.8 Å². The third-order valence-electron chi connectivity index (χ3n) is 4.74. The fourth-order valence-electron chi connectivity index (χ4n) is 3.19. The zero-order chi connectivity index (χ0) is 21.5. The van der Waals surface area contributed by atoms with E-state index < -0.39 is 0 Å². The number of hydrogen-bond acceptors (Lipinski definition) is 4. The maximum Gasteiger partial charge on any atom is 0.260 e. The first-order valence-electron chi connectivity index (χ1n) is 9.91. The lowest BCUT2D eigenvalue weighted by Crippen LogP contribution is -2.38. The second kappa shape index (κ2) is 10.5. The van der Waals surface area contributed by atoms with Gasteiger partial charge in [0.15, 0.2) is 18.1 Å². The highest BCUT2D eigenvalue weighted by Crippen LogP contribution is 2.30. The predicted octanol–water partition coefficient (Wildman–Crippen LogP) is 5.04. The monoisotopic (exact) mass is 450 g/mol. The number of hydrogen-bond donors (Lipinski definition) is 1. The van der Waals surface area contributed by atoms with Gasteiger partial charge in [-0.05, 0) is 62.6 Å². The molecule has 6 nitrogen and oxygen atoms in total. The van der Waals surface area contributed by atoms with Crippen molar-refractivity contribution in [3.8, 4) is 11.5 Å². The summed E-state index contributed by atoms with van der Waals surface area (Å²) in [4.78, 5) is 26.8. The number of likely N-dealkylation sites (tertiary alicyclic amines) is 1. The lowest BCUT2D eigenvalue weighted by atomic mass is 10.1. The number of ether oxygens (including phenoxy) is 2. The van der Waals surface area contributed by atoms with Crippen LogP contribution in [0.1, 0.15) is 36.5 Å². The topological polar surface area (TPSA) is 67.9 Å². The molecule has 0 radical (unpaired) electrons. The van der Waals surface area contributed by atoms with E-state index >= 15 is 0 Å². The van der Waals surface area contributed by atoms with Gasteiger partial charge in [-0.3, -0.25) is 9.59 Å². The highest BCUT2D eigenvalue weighted by atomic mass is 35.5. The Morgan fingerprint density at radius 1 is 0.967 bits per heavy atom. The minimum atomic E-state index is -0.328. The summed E-state index contributed by atoms with van der Waals surface area (Å²) in [5.74, 6) is 0.461. The molecule has 2 amide bonds. The van der Waals surface area contributed by atoms with E-state index in [-0.39, 0.29) is 18.4 Å². The molecule has 0 atom stereocenters. The number of piperidine rings is 1. The number of nitrogens with zero attached hydrogens (tertiary/aromatic N) is 1. The van der Waals surface area contributed by atoms with Crippen LogP contribution in [-0.4, -0.2) is 43.0 Å². The Labute approximate surface area is 186 Å². The summed E-state index contributed by atoms with van der Waals surface area (Å²) in [5, 5.41) is 3.53. The first-order valence-corrected chi connectivity index (χ1v) is 10.7. The second-order valence-corrected chi connectivity index (χ2v) is 7.72. The molecule has 30 heavy (non-hydrogen) atoms. The molecule has 1 aliphatic rings. The molecular weight excluding hydrogens is 427 g/mol. The average Bonchev–Trinajstić information content (AvgIpc) is 2.76. The van der Waals surface area contributed by atoms with Crippen molar-refractivity contribution in [2.45, 2.75) is 26.2 Å². The predicted molar refractivity (Wildman–Crippen MR) is 118 cm³/mol. The van der Waals surface area contributed by atoms with Crippen LogP contribution in [-0.2, 0) is 4.79 Å². The number of amides is 2. The van der Waals surface area contributed by atoms with Crippen molar-refractivity contribution >= 4 is 40.7 Å². The third-order valence-corrected chi connectivity index (χ3v) is 5.48. The van der Waals surface area contributed by atoms with E-state index in [0.717, 1.165) is 32.4 Å². The number of benzene rings is 2. The van der Waals surface area contributed by atoms with Crippen LogP contribution in [0.15, 0.2) is 36.4 Å². The maximum atomic E-state index is 12.6. The highest BCUT2D eigenvalue weighted by Gasteiger charge is 2.18. The maximum absolute atomic E-state index is 12.6. The van der Waals surface area contributed by atoms with Gasteiger partial charge in [-0.1, -0.05) is 23.2 Å². The molecule has 1 saturated heterocycles. The second-order valence-electron chi connectivity index (χ2n) is 6.91. The summed E-state index contributed by atoms with van der Waals surface area (Å²) in [6, 6.07) is 9.71. The standard InChI is InChI=1S/C22H24Cl2N2O4/c1-2-29-20-12-15(22(28)25-16-7-8-17(23)18(24)13-16)6-9-19(20)30-14-21(27)26-10-4-3-5-11-26/h6-9,12-13H,2-5,10-11,14H2,1H3,(H,25,28). The summed E-state index contributed by atoms with van der Waals surface area (Å²) in [6.45, 7) is 3.72. The van der Waals surface area contributed by atoms with Crippen molar-refractivity contribution in [2.24, 2.45) is 0 Å². The molecule has 1 aliphatic heterocycles. The van der Waals surface area contributed by atoms with E-state index in [1.807, 2.05) is 11.8 Å². The molecule has 2 aromatic carbocycles. The number of halogens is 2. The summed E-state index contributed by atoms with van der Waals surface area (Å²) in [7, 11) is 0. The van der Waals surface area contributed by atoms with Crippen LogP contribution in [0.2, 0.25) is 10.0 Å². The van der Waals surface area contributed by atoms with Crippen LogP contribution in [0, 0.1) is 0 Å². The fraction of sp³-hybridized carbons (Fsp3) is 0.364. The number of nitrogens with one attached hydrogen (secondary N) is 1. The molecular formula is C22H24Cl2N2O4. The van der Waals surface area contributed by atoms with Crippen LogP contribution in [0.3, 0.4) is 0 Å². The lowest BCUT2D eigenvalue weighted by Gasteiger charge is -2.26. The van der Waals surface area contributed by atoms with Gasteiger partial charge in [0.1, 0.15) is 0 Å². The van der Waals surface area contributed by atoms with Gasteiger partial charge in [-0.15, -0.1) is 0 Å². The summed E-state index contributed by atoms with van der Waals surface area (Å²) >= 11 is 11.9. The van der Waals surface area contributed by atoms with E-state index in [4.69, 9.17) is 32.7 Å². The molecule has 1 fully saturated rings. The van der Waals surface area contributed by atoms with Gasteiger partial charge in [0.05, 0.1) is 16.7 Å². The van der Waals surface area contributed by atoms with Crippen molar-refractivity contribution < 1.29 is 19.1 Å². The van der Waals surface area contributed by atoms with Gasteiger partial charge >= 0.3 is 0 Å². The fourth-order valence-corrected chi connectivity index (χ4v) is 3.49. The zero-order valence-corrected chi connectivity index (χ0v) is 18.3. The van der Waals surface area contributed by atoms with Crippen LogP contribution in [0.5, 0.6) is 11.5 Å². The minimum absolute atomic E-state index is 0.0430. The Kier molecular flexibility index (Phi) is 7.82. The summed E-state index contributed by atoms with van der Waals surface area (Å²) in [5.41, 5.74) is 0.916. The zero-order valence-electron chi connectivity index (χ0n) is 16.7. The van der Waals surface area contributed by atoms with Crippen LogP contribution >= 0.6 is 23.2 Å². The third kappa shape index (κ3) is 5.80. The molecule has 8 heteroatoms. The van der Waals surface area contributed by atoms with Crippen molar-refractivity contribution in [1.82, 2.24) is 4.90 Å². The average molecular weight is 451 g/mol. The van der Waals surface area contributed by atoms with E-state index in [1.165, 1.54) is 0 Å². The van der Waals surface area contributed by atoms with Crippen LogP contribution < -0.4 is 14.8 Å². The Morgan fingerprint density at radius 2 is 1.73 bits per heavy atom. The normalized spacial score (nSPS) is 13.6. The van der Waals surface area contributed by atoms with Crippen molar-refractivity contribution in [2.75, 3.05) is 31.6 Å². The van der Waals surface area contributed by atoms with Gasteiger partial charge in [-0.2, -0.15) is 0 Å². The number of carbonyl (C=O) groups is 2. The quantitative estimate of drug-likeness (QED) is 0.641. The van der Waals surface area contributed by atoms with E-state index in [2.05, 4.69) is 5.32 Å². The van der Waals surface area contributed by atoms with E-state index in [0.29, 0.717) is 39.4 Å². The molecule has 2 aromatic rings. The molecule has 3 rings (SSSR count).